The molecule has 1 unspecified atom stereocenters. The molecule has 1 aliphatic carbocycles. The molecule has 0 aromatic heterocycles. The Hall–Kier alpha value is -0.470. The van der Waals surface area contributed by atoms with Crippen molar-refractivity contribution >= 4 is 11.6 Å². The lowest BCUT2D eigenvalue weighted by Crippen LogP contribution is -2.51. The van der Waals surface area contributed by atoms with Crippen LogP contribution in [0.25, 0.3) is 0 Å². The van der Waals surface area contributed by atoms with Gasteiger partial charge in [-0.05, 0) is 75.2 Å². The summed E-state index contributed by atoms with van der Waals surface area (Å²) in [6, 6.07) is 0.582. The average Bonchev–Trinajstić information content (AvgIpc) is 3.20. The first-order valence-corrected chi connectivity index (χ1v) is 11.4. The van der Waals surface area contributed by atoms with Crippen LogP contribution in [0.4, 0.5) is 0 Å². The van der Waals surface area contributed by atoms with Crippen LogP contribution in [0.15, 0.2) is 23.8 Å². The van der Waals surface area contributed by atoms with Gasteiger partial charge >= 0.3 is 0 Å². The minimum Gasteiger partial charge on any atom is -0.412 e. The third-order valence-electron chi connectivity index (χ3n) is 6.37. The fourth-order valence-electron chi connectivity index (χ4n) is 4.65. The number of rotatable bonds is 5. The number of piperidine rings is 1. The van der Waals surface area contributed by atoms with Gasteiger partial charge in [-0.25, -0.2) is 0 Å². The summed E-state index contributed by atoms with van der Waals surface area (Å²) in [5.74, 6) is 1.34. The van der Waals surface area contributed by atoms with E-state index in [1.54, 1.807) is 0 Å². The van der Waals surface area contributed by atoms with Gasteiger partial charge in [-0.15, -0.1) is 11.6 Å². The highest BCUT2D eigenvalue weighted by atomic mass is 35.5. The minimum atomic E-state index is 0. The summed E-state index contributed by atoms with van der Waals surface area (Å²) in [4.78, 5) is 2.65. The summed E-state index contributed by atoms with van der Waals surface area (Å²) in [6.45, 7) is 15.5. The molecule has 2 heterocycles. The van der Waals surface area contributed by atoms with E-state index in [4.69, 9.17) is 11.6 Å². The first kappa shape index (κ1) is 35.1. The number of hydrogen-bond acceptors (Lipinski definition) is 3. The van der Waals surface area contributed by atoms with Crippen molar-refractivity contribution in [1.82, 2.24) is 15.5 Å². The molecule has 0 aromatic rings. The van der Waals surface area contributed by atoms with Crippen LogP contribution in [-0.2, 0) is 0 Å². The molecule has 3 aliphatic rings. The Bertz CT molecular complexity index is 501. The predicted octanol–water partition coefficient (Wildman–Crippen LogP) is 2.60. The van der Waals surface area contributed by atoms with Crippen LogP contribution >= 0.6 is 11.6 Å². The van der Waals surface area contributed by atoms with Gasteiger partial charge in [0.2, 0.25) is 0 Å². The molecule has 0 aromatic carbocycles. The van der Waals surface area contributed by atoms with Crippen LogP contribution in [-0.4, -0.2) is 72.5 Å². The maximum absolute atomic E-state index is 6.17. The van der Waals surface area contributed by atoms with Crippen molar-refractivity contribution in [3.05, 3.63) is 23.8 Å². The summed E-state index contributed by atoms with van der Waals surface area (Å²) in [6.07, 6.45) is 11.8. The summed E-state index contributed by atoms with van der Waals surface area (Å²) in [7, 11) is 2.09. The van der Waals surface area contributed by atoms with Crippen molar-refractivity contribution in [2.45, 2.75) is 72.2 Å². The van der Waals surface area contributed by atoms with Gasteiger partial charge < -0.3 is 32.0 Å². The lowest BCUT2D eigenvalue weighted by Gasteiger charge is -2.46. The Morgan fingerprint density at radius 1 is 1.19 bits per heavy atom. The highest BCUT2D eigenvalue weighted by Crippen LogP contribution is 2.41. The van der Waals surface area contributed by atoms with E-state index in [9.17, 15) is 0 Å². The number of likely N-dealkylation sites (tertiary alicyclic amines) is 1. The van der Waals surface area contributed by atoms with Gasteiger partial charge in [0.25, 0.3) is 0 Å². The number of allylic oxidation sites excluding steroid dienone is 4. The summed E-state index contributed by atoms with van der Waals surface area (Å²) in [5.41, 5.74) is 1.83. The van der Waals surface area contributed by atoms with Crippen molar-refractivity contribution in [2.75, 3.05) is 39.8 Å². The zero-order valence-corrected chi connectivity index (χ0v) is 20.5. The van der Waals surface area contributed by atoms with Crippen LogP contribution in [0, 0.1) is 17.3 Å². The lowest BCUT2D eigenvalue weighted by atomic mass is 9.69. The Morgan fingerprint density at radius 2 is 1.81 bits per heavy atom. The third-order valence-corrected chi connectivity index (χ3v) is 6.70. The van der Waals surface area contributed by atoms with Gasteiger partial charge in [0.1, 0.15) is 0 Å². The van der Waals surface area contributed by atoms with E-state index in [1.165, 1.54) is 51.0 Å². The Kier molecular flexibility index (Phi) is 19.3. The van der Waals surface area contributed by atoms with Crippen LogP contribution in [0.1, 0.15) is 60.8 Å². The number of likely N-dealkylation sites (N-methyl/N-ethyl adjacent to an activating group) is 1. The zero-order valence-electron chi connectivity index (χ0n) is 19.7. The number of halogens is 1. The predicted molar refractivity (Wildman–Crippen MR) is 137 cm³/mol. The summed E-state index contributed by atoms with van der Waals surface area (Å²) >= 11 is 6.17. The fourth-order valence-corrected chi connectivity index (χ4v) is 4.81. The molecular formula is C24H52ClN3O3. The fraction of sp³-hybridized carbons (Fsp3) is 0.833. The third kappa shape index (κ3) is 11.3. The molecule has 2 saturated heterocycles. The molecule has 31 heavy (non-hydrogen) atoms. The van der Waals surface area contributed by atoms with E-state index >= 15 is 0 Å². The summed E-state index contributed by atoms with van der Waals surface area (Å²) in [5, 5.41) is 6.89. The molecule has 3 atom stereocenters. The quantitative estimate of drug-likeness (QED) is 0.606. The number of hydrogen-bond donors (Lipinski definition) is 2. The van der Waals surface area contributed by atoms with Crippen molar-refractivity contribution in [2.24, 2.45) is 17.3 Å². The second-order valence-electron chi connectivity index (χ2n) is 9.48. The van der Waals surface area contributed by atoms with Gasteiger partial charge in [-0.1, -0.05) is 53.3 Å². The van der Waals surface area contributed by atoms with Crippen LogP contribution in [0.5, 0.6) is 0 Å². The minimum absolute atomic E-state index is 0. The second-order valence-corrected chi connectivity index (χ2v) is 10.0. The van der Waals surface area contributed by atoms with Gasteiger partial charge in [-0.2, -0.15) is 0 Å². The van der Waals surface area contributed by atoms with E-state index in [2.05, 4.69) is 68.5 Å². The maximum atomic E-state index is 6.17. The molecular weight excluding hydrogens is 414 g/mol. The topological polar surface area (TPSA) is 122 Å². The molecule has 0 spiro atoms. The normalized spacial score (nSPS) is 25.5. The Balaban J connectivity index is -0.000000769. The first-order valence-electron chi connectivity index (χ1n) is 11.0. The SMILES string of the molecule is C.C1CCNC1.CN[C@@H](CN1CC[C@H](C2=CCC(Cl)C=C2)C(C)(C)C1)C(C)C.O.O.O. The molecule has 7 heteroatoms. The standard InChI is InChI=1S/C19H33ClN2.C4H9N.CH4.3H2O/c1-14(2)18(21-5)12-22-11-10-17(19(3,4)13-22)15-6-8-16(20)9-7-15;1-2-4-5-3-1;;;;/h6-8,14,16-18,21H,9-13H2,1-5H3;5H,1-4H2;1H4;3*1H2/t16?,17-,18+;;;;;/m1...../s1. The molecule has 188 valence electrons. The van der Waals surface area contributed by atoms with Crippen molar-refractivity contribution in [1.29, 1.82) is 0 Å². The van der Waals surface area contributed by atoms with Gasteiger partial charge in [0.05, 0.1) is 5.38 Å². The van der Waals surface area contributed by atoms with E-state index in [-0.39, 0.29) is 29.2 Å². The molecule has 3 rings (SSSR count). The first-order chi connectivity index (χ1) is 12.8. The monoisotopic (exact) mass is 465 g/mol. The maximum Gasteiger partial charge on any atom is 0.0553 e. The van der Waals surface area contributed by atoms with Crippen LogP contribution in [0.2, 0.25) is 0 Å². The van der Waals surface area contributed by atoms with Crippen molar-refractivity contribution in [3.8, 4) is 0 Å². The molecule has 8 N–H and O–H groups in total. The molecule has 0 bridgehead atoms. The lowest BCUT2D eigenvalue weighted by molar-refractivity contribution is 0.0641. The highest BCUT2D eigenvalue weighted by Gasteiger charge is 2.38. The van der Waals surface area contributed by atoms with Crippen molar-refractivity contribution < 1.29 is 16.4 Å². The Labute approximate surface area is 196 Å². The molecule has 2 aliphatic heterocycles. The van der Waals surface area contributed by atoms with Crippen molar-refractivity contribution in [3.63, 3.8) is 0 Å². The molecule has 2 fully saturated rings. The number of nitrogens with one attached hydrogen (secondary N) is 2. The smallest absolute Gasteiger partial charge is 0.0553 e. The van der Waals surface area contributed by atoms with Gasteiger partial charge in [-0.3, -0.25) is 0 Å². The highest BCUT2D eigenvalue weighted by molar-refractivity contribution is 6.22. The average molecular weight is 466 g/mol. The molecule has 0 amide bonds. The zero-order chi connectivity index (χ0) is 19.9. The van der Waals surface area contributed by atoms with Gasteiger partial charge in [0.15, 0.2) is 0 Å². The Morgan fingerprint density at radius 3 is 2.19 bits per heavy atom. The molecule has 6 nitrogen and oxygen atoms in total. The van der Waals surface area contributed by atoms with E-state index in [0.29, 0.717) is 23.3 Å². The van der Waals surface area contributed by atoms with Gasteiger partial charge in [0, 0.05) is 19.1 Å². The second kappa shape index (κ2) is 17.1. The number of alkyl halides is 1. The number of nitrogens with zero attached hydrogens (tertiary/aromatic N) is 1. The molecule has 0 saturated carbocycles. The van der Waals surface area contributed by atoms with E-state index in [1.807, 2.05) is 0 Å². The van der Waals surface area contributed by atoms with E-state index in [0.717, 1.165) is 13.0 Å². The van der Waals surface area contributed by atoms with Crippen LogP contribution < -0.4 is 10.6 Å². The van der Waals surface area contributed by atoms with E-state index < -0.39 is 0 Å². The molecule has 0 radical (unpaired) electrons. The van der Waals surface area contributed by atoms with Crippen LogP contribution in [0.3, 0.4) is 0 Å². The largest absolute Gasteiger partial charge is 0.412 e. The summed E-state index contributed by atoms with van der Waals surface area (Å²) < 4.78 is 0.